The molecule has 2 heterocycles. The zero-order chi connectivity index (χ0) is 17.5. The quantitative estimate of drug-likeness (QED) is 0.840. The average molecular weight is 347 g/mol. The molecular formula is C16H17F4NO3. The number of rotatable bonds is 3. The molecule has 2 unspecified atom stereocenters. The van der Waals surface area contributed by atoms with E-state index in [4.69, 9.17) is 4.74 Å². The van der Waals surface area contributed by atoms with Crippen LogP contribution in [0.3, 0.4) is 0 Å². The molecule has 0 radical (unpaired) electrons. The Labute approximate surface area is 136 Å². The van der Waals surface area contributed by atoms with Crippen LogP contribution in [-0.4, -0.2) is 34.3 Å². The lowest BCUT2D eigenvalue weighted by Gasteiger charge is -2.36. The average Bonchev–Trinajstić information content (AvgIpc) is 2.76. The van der Waals surface area contributed by atoms with E-state index in [1.165, 1.54) is 4.90 Å². The van der Waals surface area contributed by atoms with E-state index in [0.29, 0.717) is 18.9 Å². The molecule has 2 bridgehead atoms. The van der Waals surface area contributed by atoms with E-state index in [2.05, 4.69) is 0 Å². The molecule has 2 aliphatic heterocycles. The van der Waals surface area contributed by atoms with E-state index in [-0.39, 0.29) is 30.4 Å². The number of carbonyl (C=O) groups is 1. The summed E-state index contributed by atoms with van der Waals surface area (Å²) < 4.78 is 57.0. The molecule has 3 rings (SSSR count). The SMILES string of the molecule is O=C(O)N1C2CCC1CC(OCc1ccc(C(F)(F)F)cc1F)C2. The van der Waals surface area contributed by atoms with Gasteiger partial charge in [0.25, 0.3) is 0 Å². The summed E-state index contributed by atoms with van der Waals surface area (Å²) in [4.78, 5) is 12.7. The first-order chi connectivity index (χ1) is 11.3. The summed E-state index contributed by atoms with van der Waals surface area (Å²) in [5.41, 5.74) is -0.965. The van der Waals surface area contributed by atoms with E-state index in [9.17, 15) is 27.5 Å². The Hall–Kier alpha value is -1.83. The Bertz CT molecular complexity index is 620. The topological polar surface area (TPSA) is 49.8 Å². The van der Waals surface area contributed by atoms with Crippen LogP contribution in [0.5, 0.6) is 0 Å². The van der Waals surface area contributed by atoms with Gasteiger partial charge in [0.1, 0.15) is 5.82 Å². The van der Waals surface area contributed by atoms with Crippen LogP contribution in [0, 0.1) is 5.82 Å². The normalized spacial score (nSPS) is 26.7. The summed E-state index contributed by atoms with van der Waals surface area (Å²) >= 11 is 0. The predicted molar refractivity (Wildman–Crippen MR) is 75.9 cm³/mol. The molecule has 0 spiro atoms. The summed E-state index contributed by atoms with van der Waals surface area (Å²) in [7, 11) is 0. The smallest absolute Gasteiger partial charge is 0.416 e. The maximum Gasteiger partial charge on any atom is 0.416 e. The summed E-state index contributed by atoms with van der Waals surface area (Å²) in [5.74, 6) is -0.948. The fraction of sp³-hybridized carbons (Fsp3) is 0.562. The number of benzene rings is 1. The first-order valence-corrected chi connectivity index (χ1v) is 7.74. The summed E-state index contributed by atoms with van der Waals surface area (Å²) in [6, 6.07) is 2.19. The maximum absolute atomic E-state index is 13.8. The number of alkyl halides is 3. The van der Waals surface area contributed by atoms with Crippen molar-refractivity contribution in [2.24, 2.45) is 0 Å². The lowest BCUT2D eigenvalue weighted by molar-refractivity contribution is -0.137. The molecule has 0 aliphatic carbocycles. The van der Waals surface area contributed by atoms with E-state index >= 15 is 0 Å². The van der Waals surface area contributed by atoms with Crippen molar-refractivity contribution in [3.05, 3.63) is 35.1 Å². The minimum absolute atomic E-state index is 0.0658. The highest BCUT2D eigenvalue weighted by Crippen LogP contribution is 2.37. The van der Waals surface area contributed by atoms with Crippen LogP contribution in [0.15, 0.2) is 18.2 Å². The highest BCUT2D eigenvalue weighted by molar-refractivity contribution is 5.66. The van der Waals surface area contributed by atoms with E-state index in [1.807, 2.05) is 0 Å². The fourth-order valence-corrected chi connectivity index (χ4v) is 3.62. The second-order valence-corrected chi connectivity index (χ2v) is 6.28. The van der Waals surface area contributed by atoms with Crippen LogP contribution in [0.25, 0.3) is 0 Å². The summed E-state index contributed by atoms with van der Waals surface area (Å²) in [6.45, 7) is -0.124. The first kappa shape index (κ1) is 17.0. The van der Waals surface area contributed by atoms with Gasteiger partial charge in [0.15, 0.2) is 0 Å². The second-order valence-electron chi connectivity index (χ2n) is 6.28. The van der Waals surface area contributed by atoms with Crippen molar-refractivity contribution in [2.75, 3.05) is 0 Å². The number of carboxylic acid groups (broad SMARTS) is 1. The second kappa shape index (κ2) is 6.23. The molecule has 1 N–H and O–H groups in total. The van der Waals surface area contributed by atoms with Gasteiger partial charge in [0, 0.05) is 17.6 Å². The number of fused-ring (bicyclic) bond motifs is 2. The van der Waals surface area contributed by atoms with Crippen molar-refractivity contribution in [1.82, 2.24) is 4.90 Å². The zero-order valence-electron chi connectivity index (χ0n) is 12.7. The molecule has 4 nitrogen and oxygen atoms in total. The third kappa shape index (κ3) is 3.33. The highest BCUT2D eigenvalue weighted by atomic mass is 19.4. The Morgan fingerprint density at radius 3 is 2.38 bits per heavy atom. The van der Waals surface area contributed by atoms with Crippen molar-refractivity contribution in [2.45, 2.75) is 56.7 Å². The molecule has 2 fully saturated rings. The van der Waals surface area contributed by atoms with E-state index in [0.717, 1.165) is 25.0 Å². The number of nitrogens with zero attached hydrogens (tertiary/aromatic N) is 1. The first-order valence-electron chi connectivity index (χ1n) is 7.74. The van der Waals surface area contributed by atoms with Gasteiger partial charge >= 0.3 is 12.3 Å². The minimum atomic E-state index is -4.58. The number of hydrogen-bond donors (Lipinski definition) is 1. The van der Waals surface area contributed by atoms with Gasteiger partial charge in [0.05, 0.1) is 18.3 Å². The van der Waals surface area contributed by atoms with Crippen LogP contribution in [0.1, 0.15) is 36.8 Å². The van der Waals surface area contributed by atoms with Gasteiger partial charge in [-0.1, -0.05) is 6.07 Å². The third-order valence-corrected chi connectivity index (χ3v) is 4.77. The van der Waals surface area contributed by atoms with Crippen molar-refractivity contribution >= 4 is 6.09 Å². The van der Waals surface area contributed by atoms with Crippen LogP contribution in [-0.2, 0) is 17.5 Å². The Balaban J connectivity index is 1.60. The monoisotopic (exact) mass is 347 g/mol. The number of amides is 1. The third-order valence-electron chi connectivity index (χ3n) is 4.77. The number of ether oxygens (including phenoxy) is 1. The molecule has 2 saturated heterocycles. The van der Waals surface area contributed by atoms with Gasteiger partial charge in [-0.25, -0.2) is 9.18 Å². The van der Waals surface area contributed by atoms with Gasteiger partial charge in [0.2, 0.25) is 0 Å². The Morgan fingerprint density at radius 1 is 1.25 bits per heavy atom. The van der Waals surface area contributed by atoms with Crippen molar-refractivity contribution < 1.29 is 32.2 Å². The van der Waals surface area contributed by atoms with E-state index < -0.39 is 23.7 Å². The van der Waals surface area contributed by atoms with Gasteiger partial charge in [-0.3, -0.25) is 0 Å². The molecule has 1 aromatic carbocycles. The van der Waals surface area contributed by atoms with Gasteiger partial charge in [-0.05, 0) is 37.8 Å². The van der Waals surface area contributed by atoms with Gasteiger partial charge in [-0.15, -0.1) is 0 Å². The molecule has 1 aromatic rings. The van der Waals surface area contributed by atoms with Crippen LogP contribution in [0.2, 0.25) is 0 Å². The lowest BCUT2D eigenvalue weighted by atomic mass is 10.00. The highest BCUT2D eigenvalue weighted by Gasteiger charge is 2.43. The van der Waals surface area contributed by atoms with Gasteiger partial charge in [-0.2, -0.15) is 13.2 Å². The van der Waals surface area contributed by atoms with Gasteiger partial charge < -0.3 is 14.7 Å². The van der Waals surface area contributed by atoms with Crippen LogP contribution >= 0.6 is 0 Å². The molecule has 2 atom stereocenters. The number of halogens is 4. The van der Waals surface area contributed by atoms with Crippen molar-refractivity contribution in [3.8, 4) is 0 Å². The molecule has 0 aromatic heterocycles. The van der Waals surface area contributed by atoms with Crippen LogP contribution < -0.4 is 0 Å². The Morgan fingerprint density at radius 2 is 1.88 bits per heavy atom. The number of hydrogen-bond acceptors (Lipinski definition) is 2. The molecule has 132 valence electrons. The van der Waals surface area contributed by atoms with Crippen molar-refractivity contribution in [3.63, 3.8) is 0 Å². The summed E-state index contributed by atoms with van der Waals surface area (Å²) in [6.07, 6.45) is -3.09. The predicted octanol–water partition coefficient (Wildman–Crippen LogP) is 4.03. The molecular weight excluding hydrogens is 330 g/mol. The molecule has 8 heteroatoms. The molecule has 1 amide bonds. The Kier molecular flexibility index (Phi) is 4.42. The standard InChI is InChI=1S/C16H17F4NO3/c17-14-5-10(16(18,19)20)2-1-9(14)8-24-13-6-11-3-4-12(7-13)21(11)15(22)23/h1-2,5,11-13H,3-4,6-8H2,(H,22,23). The summed E-state index contributed by atoms with van der Waals surface area (Å²) in [5, 5.41) is 9.18. The molecule has 2 aliphatic rings. The van der Waals surface area contributed by atoms with Crippen molar-refractivity contribution in [1.29, 1.82) is 0 Å². The zero-order valence-corrected chi connectivity index (χ0v) is 12.7. The molecule has 24 heavy (non-hydrogen) atoms. The van der Waals surface area contributed by atoms with E-state index in [1.54, 1.807) is 0 Å². The lowest BCUT2D eigenvalue weighted by Crippen LogP contribution is -2.47. The minimum Gasteiger partial charge on any atom is -0.465 e. The molecule has 0 saturated carbocycles. The maximum atomic E-state index is 13.8. The number of piperidine rings is 1. The van der Waals surface area contributed by atoms with Crippen LogP contribution in [0.4, 0.5) is 22.4 Å². The largest absolute Gasteiger partial charge is 0.465 e. The fourth-order valence-electron chi connectivity index (χ4n) is 3.62.